The average molecular weight is 370 g/mol. The number of ether oxygens (including phenoxy) is 1. The van der Waals surface area contributed by atoms with Crippen molar-refractivity contribution in [3.63, 3.8) is 0 Å². The van der Waals surface area contributed by atoms with Gasteiger partial charge in [0.15, 0.2) is 6.10 Å². The quantitative estimate of drug-likeness (QED) is 0.436. The first kappa shape index (κ1) is 20.1. The number of nitrogens with zero attached hydrogens (tertiary/aromatic N) is 1. The highest BCUT2D eigenvalue weighted by Crippen LogP contribution is 2.18. The fourth-order valence-corrected chi connectivity index (χ4v) is 2.62. The second-order valence-electron chi connectivity index (χ2n) is 6.12. The molecule has 0 aliphatic heterocycles. The van der Waals surface area contributed by atoms with Crippen molar-refractivity contribution in [3.05, 3.63) is 75.8 Å². The highest BCUT2D eigenvalue weighted by molar-refractivity contribution is 5.92. The van der Waals surface area contributed by atoms with E-state index in [2.05, 4.69) is 5.32 Å². The number of amides is 1. The lowest BCUT2D eigenvalue weighted by atomic mass is 9.96. The van der Waals surface area contributed by atoms with E-state index in [0.717, 1.165) is 18.1 Å². The van der Waals surface area contributed by atoms with E-state index < -0.39 is 22.9 Å². The summed E-state index contributed by atoms with van der Waals surface area (Å²) in [5, 5.41) is 13.6. The number of nitro groups is 1. The second-order valence-corrected chi connectivity index (χ2v) is 6.12. The van der Waals surface area contributed by atoms with Gasteiger partial charge in [-0.2, -0.15) is 0 Å². The smallest absolute Gasteiger partial charge is 0.339 e. The molecule has 0 aliphatic rings. The molecule has 0 aromatic heterocycles. The zero-order valence-corrected chi connectivity index (χ0v) is 15.3. The first-order chi connectivity index (χ1) is 12.9. The Hall–Kier alpha value is -3.22. The number of carbonyl (C=O) groups excluding carboxylic acids is 2. The Morgan fingerprint density at radius 1 is 1.15 bits per heavy atom. The monoisotopic (exact) mass is 370 g/mol. The van der Waals surface area contributed by atoms with E-state index in [1.807, 2.05) is 37.3 Å². The van der Waals surface area contributed by atoms with Crippen molar-refractivity contribution in [1.82, 2.24) is 5.32 Å². The lowest BCUT2D eigenvalue weighted by Gasteiger charge is -2.18. The Morgan fingerprint density at radius 2 is 1.85 bits per heavy atom. The molecule has 1 N–H and O–H groups in total. The zero-order chi connectivity index (χ0) is 19.8. The summed E-state index contributed by atoms with van der Waals surface area (Å²) in [6, 6.07) is 15.0. The molecule has 7 heteroatoms. The van der Waals surface area contributed by atoms with Gasteiger partial charge in [-0.15, -0.1) is 0 Å². The molecule has 2 atom stereocenters. The van der Waals surface area contributed by atoms with Crippen LogP contribution in [0.25, 0.3) is 0 Å². The normalized spacial score (nSPS) is 12.7. The maximum atomic E-state index is 12.2. The standard InChI is InChI=1S/C20H22N2O5/c1-3-15(16-8-5-4-6-9-16)13-21-19(23)14(2)27-20(24)17-10-7-11-18(12-17)22(25)26/h4-12,14-15H,3,13H2,1-2H3,(H,21,23)/t14-,15-/m1/s1. The van der Waals surface area contributed by atoms with Crippen molar-refractivity contribution in [3.8, 4) is 0 Å². The molecule has 0 saturated heterocycles. The minimum Gasteiger partial charge on any atom is -0.449 e. The van der Waals surface area contributed by atoms with Crippen LogP contribution in [0.1, 0.15) is 42.1 Å². The summed E-state index contributed by atoms with van der Waals surface area (Å²) in [7, 11) is 0. The van der Waals surface area contributed by atoms with Crippen LogP contribution in [0.15, 0.2) is 54.6 Å². The lowest BCUT2D eigenvalue weighted by Crippen LogP contribution is -2.38. The average Bonchev–Trinajstić information content (AvgIpc) is 2.69. The minimum absolute atomic E-state index is 0.0274. The van der Waals surface area contributed by atoms with E-state index in [1.165, 1.54) is 25.1 Å². The number of hydrogen-bond donors (Lipinski definition) is 1. The fraction of sp³-hybridized carbons (Fsp3) is 0.300. The van der Waals surface area contributed by atoms with Crippen LogP contribution in [0.3, 0.4) is 0 Å². The molecule has 0 saturated carbocycles. The maximum absolute atomic E-state index is 12.2. The first-order valence-corrected chi connectivity index (χ1v) is 8.70. The van der Waals surface area contributed by atoms with E-state index in [1.54, 1.807) is 0 Å². The van der Waals surface area contributed by atoms with E-state index in [9.17, 15) is 19.7 Å². The number of rotatable bonds is 8. The molecule has 2 rings (SSSR count). The largest absolute Gasteiger partial charge is 0.449 e. The second kappa shape index (κ2) is 9.47. The van der Waals surface area contributed by atoms with Crippen LogP contribution < -0.4 is 5.32 Å². The van der Waals surface area contributed by atoms with Gasteiger partial charge in [0.1, 0.15) is 0 Å². The summed E-state index contributed by atoms with van der Waals surface area (Å²) in [6.45, 7) is 3.93. The minimum atomic E-state index is -1.01. The first-order valence-electron chi connectivity index (χ1n) is 8.70. The van der Waals surface area contributed by atoms with Gasteiger partial charge in [0.2, 0.25) is 0 Å². The van der Waals surface area contributed by atoms with E-state index in [4.69, 9.17) is 4.74 Å². The van der Waals surface area contributed by atoms with Crippen LogP contribution in [-0.2, 0) is 9.53 Å². The number of nitrogens with one attached hydrogen (secondary N) is 1. The number of non-ortho nitro benzene ring substituents is 1. The van der Waals surface area contributed by atoms with Crippen LogP contribution >= 0.6 is 0 Å². The van der Waals surface area contributed by atoms with Gasteiger partial charge in [0.05, 0.1) is 10.5 Å². The third-order valence-corrected chi connectivity index (χ3v) is 4.23. The number of carbonyl (C=O) groups is 2. The van der Waals surface area contributed by atoms with E-state index in [0.29, 0.717) is 6.54 Å². The molecule has 0 unspecified atom stereocenters. The van der Waals surface area contributed by atoms with Gasteiger partial charge in [-0.25, -0.2) is 4.79 Å². The predicted molar refractivity (Wildman–Crippen MR) is 100 cm³/mol. The number of nitro benzene ring substituents is 1. The molecule has 7 nitrogen and oxygen atoms in total. The van der Waals surface area contributed by atoms with Crippen LogP contribution in [0.2, 0.25) is 0 Å². The summed E-state index contributed by atoms with van der Waals surface area (Å²) >= 11 is 0. The van der Waals surface area contributed by atoms with Crippen molar-refractivity contribution in [2.24, 2.45) is 0 Å². The Bertz CT molecular complexity index is 807. The van der Waals surface area contributed by atoms with E-state index >= 15 is 0 Å². The molecule has 0 spiro atoms. The SMILES string of the molecule is CC[C@H](CNC(=O)[C@@H](C)OC(=O)c1cccc([N+](=O)[O-])c1)c1ccccc1. The van der Waals surface area contributed by atoms with Crippen LogP contribution in [0.4, 0.5) is 5.69 Å². The van der Waals surface area contributed by atoms with Crippen molar-refractivity contribution in [1.29, 1.82) is 0 Å². The molecule has 142 valence electrons. The third-order valence-electron chi connectivity index (χ3n) is 4.23. The van der Waals surface area contributed by atoms with Gasteiger partial charge in [0.25, 0.3) is 11.6 Å². The van der Waals surface area contributed by atoms with Crippen molar-refractivity contribution in [2.45, 2.75) is 32.3 Å². The van der Waals surface area contributed by atoms with Gasteiger partial charge in [-0.1, -0.05) is 43.3 Å². The van der Waals surface area contributed by atoms with Crippen LogP contribution in [0, 0.1) is 10.1 Å². The Kier molecular flexibility index (Phi) is 7.05. The predicted octanol–water partition coefficient (Wildman–Crippen LogP) is 3.45. The molecular formula is C20H22N2O5. The number of hydrogen-bond acceptors (Lipinski definition) is 5. The van der Waals surface area contributed by atoms with Crippen molar-refractivity contribution in [2.75, 3.05) is 6.54 Å². The van der Waals surface area contributed by atoms with E-state index in [-0.39, 0.29) is 17.2 Å². The van der Waals surface area contributed by atoms with Crippen LogP contribution in [0.5, 0.6) is 0 Å². The summed E-state index contributed by atoms with van der Waals surface area (Å²) < 4.78 is 5.13. The summed E-state index contributed by atoms with van der Waals surface area (Å²) in [5.74, 6) is -1.03. The molecule has 0 heterocycles. The summed E-state index contributed by atoms with van der Waals surface area (Å²) in [4.78, 5) is 34.6. The van der Waals surface area contributed by atoms with Gasteiger partial charge in [0, 0.05) is 24.6 Å². The highest BCUT2D eigenvalue weighted by Gasteiger charge is 2.21. The van der Waals surface area contributed by atoms with Crippen molar-refractivity contribution >= 4 is 17.6 Å². The summed E-state index contributed by atoms with van der Waals surface area (Å²) in [6.07, 6.45) is -0.156. The van der Waals surface area contributed by atoms with Gasteiger partial charge in [-0.05, 0) is 25.0 Å². The van der Waals surface area contributed by atoms with Crippen LogP contribution in [-0.4, -0.2) is 29.4 Å². The molecular weight excluding hydrogens is 348 g/mol. The molecule has 0 bridgehead atoms. The lowest BCUT2D eigenvalue weighted by molar-refractivity contribution is -0.384. The zero-order valence-electron chi connectivity index (χ0n) is 15.3. The number of esters is 1. The molecule has 0 fully saturated rings. The fourth-order valence-electron chi connectivity index (χ4n) is 2.62. The third kappa shape index (κ3) is 5.64. The molecule has 0 radical (unpaired) electrons. The van der Waals surface area contributed by atoms with Gasteiger partial charge >= 0.3 is 5.97 Å². The molecule has 2 aromatic rings. The maximum Gasteiger partial charge on any atom is 0.339 e. The summed E-state index contributed by atoms with van der Waals surface area (Å²) in [5.41, 5.74) is 0.941. The molecule has 0 aliphatic carbocycles. The Labute approximate surface area is 157 Å². The molecule has 1 amide bonds. The Morgan fingerprint density at radius 3 is 2.48 bits per heavy atom. The van der Waals surface area contributed by atoms with Gasteiger partial charge < -0.3 is 10.1 Å². The highest BCUT2D eigenvalue weighted by atomic mass is 16.6. The Balaban J connectivity index is 1.92. The number of benzene rings is 2. The molecule has 2 aromatic carbocycles. The topological polar surface area (TPSA) is 98.5 Å². The van der Waals surface area contributed by atoms with Gasteiger partial charge in [-0.3, -0.25) is 14.9 Å². The van der Waals surface area contributed by atoms with Crippen molar-refractivity contribution < 1.29 is 19.2 Å². The molecule has 27 heavy (non-hydrogen) atoms.